The molecule has 0 saturated carbocycles. The minimum absolute atomic E-state index is 0.0380. The standard InChI is InChI=1S/C29H20BrNO8/c30-20-11-22(34)25-19(26(20)35)10-18-15(23(25)12-1-4-14(32)5-2-12)7-8-17-24(18)28(37)31(27(17)36)13-3-6-16(29(38)39)21(33)9-13/h1-7,9,11,17-18,23-24,32-33H,8,10H2,(H,38,39)/t17-,18+,23-,24-/m0/s1. The number of anilines is 1. The van der Waals surface area contributed by atoms with Gasteiger partial charge in [-0.3, -0.25) is 19.2 Å². The van der Waals surface area contributed by atoms with Gasteiger partial charge in [0.2, 0.25) is 11.8 Å². The summed E-state index contributed by atoms with van der Waals surface area (Å²) in [7, 11) is 0. The van der Waals surface area contributed by atoms with Gasteiger partial charge in [0.15, 0.2) is 11.6 Å². The van der Waals surface area contributed by atoms with E-state index in [1.54, 1.807) is 12.1 Å². The van der Waals surface area contributed by atoms with Crippen LogP contribution in [0.15, 0.2) is 75.8 Å². The van der Waals surface area contributed by atoms with Crippen molar-refractivity contribution in [1.82, 2.24) is 0 Å². The summed E-state index contributed by atoms with van der Waals surface area (Å²) in [5.74, 6) is -6.26. The number of carboxylic acid groups (broad SMARTS) is 1. The molecule has 1 heterocycles. The highest BCUT2D eigenvalue weighted by Crippen LogP contribution is 2.55. The normalized spacial score (nSPS) is 26.1. The van der Waals surface area contributed by atoms with E-state index in [2.05, 4.69) is 15.9 Å². The number of fused-ring (bicyclic) bond motifs is 3. The minimum Gasteiger partial charge on any atom is -0.508 e. The van der Waals surface area contributed by atoms with Gasteiger partial charge in [-0.1, -0.05) is 23.8 Å². The molecule has 9 nitrogen and oxygen atoms in total. The number of benzene rings is 2. The van der Waals surface area contributed by atoms with Crippen LogP contribution in [0.4, 0.5) is 5.69 Å². The molecule has 0 radical (unpaired) electrons. The van der Waals surface area contributed by atoms with E-state index >= 15 is 0 Å². The first kappa shape index (κ1) is 25.0. The number of phenolic OH excluding ortho intramolecular Hbond substituents is 1. The molecule has 1 saturated heterocycles. The van der Waals surface area contributed by atoms with Crippen LogP contribution in [0.5, 0.6) is 11.5 Å². The molecule has 3 aliphatic carbocycles. The maximum Gasteiger partial charge on any atom is 0.339 e. The SMILES string of the molecule is O=C1C=C(Br)C(=O)C2=C1[C@@H](c1ccc(O)cc1)C1=CC[C@@H]3C(=O)N(c4ccc(C(=O)O)c(O)c4)C(=O)[C@@H]3[C@@H]1C2. The van der Waals surface area contributed by atoms with Crippen LogP contribution < -0.4 is 4.90 Å². The maximum atomic E-state index is 13.9. The fraction of sp³-hybridized carbons (Fsp3) is 0.207. The van der Waals surface area contributed by atoms with Gasteiger partial charge in [0.1, 0.15) is 17.1 Å². The number of amides is 2. The molecule has 196 valence electrons. The Morgan fingerprint density at radius 1 is 0.949 bits per heavy atom. The molecule has 0 bridgehead atoms. The monoisotopic (exact) mass is 589 g/mol. The van der Waals surface area contributed by atoms with Crippen molar-refractivity contribution in [2.24, 2.45) is 17.8 Å². The topological polar surface area (TPSA) is 149 Å². The summed E-state index contributed by atoms with van der Waals surface area (Å²) in [5, 5.41) is 29.2. The lowest BCUT2D eigenvalue weighted by molar-refractivity contribution is -0.123. The Morgan fingerprint density at radius 2 is 1.67 bits per heavy atom. The first-order chi connectivity index (χ1) is 18.6. The second kappa shape index (κ2) is 8.88. The van der Waals surface area contributed by atoms with Crippen molar-refractivity contribution in [2.75, 3.05) is 4.90 Å². The fourth-order valence-electron chi connectivity index (χ4n) is 6.35. The molecule has 39 heavy (non-hydrogen) atoms. The molecule has 1 fully saturated rings. The summed E-state index contributed by atoms with van der Waals surface area (Å²) in [6, 6.07) is 9.84. The van der Waals surface area contributed by atoms with E-state index in [9.17, 15) is 39.3 Å². The molecular formula is C29H20BrNO8. The number of halogens is 1. The predicted octanol–water partition coefficient (Wildman–Crippen LogP) is 3.76. The van der Waals surface area contributed by atoms with E-state index in [1.165, 1.54) is 24.3 Å². The number of rotatable bonds is 3. The average Bonchev–Trinajstić information content (AvgIpc) is 3.16. The number of phenols is 2. The van der Waals surface area contributed by atoms with Crippen LogP contribution in [0.25, 0.3) is 0 Å². The molecule has 0 aromatic heterocycles. The first-order valence-electron chi connectivity index (χ1n) is 12.2. The molecule has 0 unspecified atom stereocenters. The van der Waals surface area contributed by atoms with Gasteiger partial charge < -0.3 is 15.3 Å². The van der Waals surface area contributed by atoms with Crippen molar-refractivity contribution >= 4 is 51.0 Å². The van der Waals surface area contributed by atoms with Crippen molar-refractivity contribution in [2.45, 2.75) is 18.8 Å². The Bertz CT molecular complexity index is 1620. The van der Waals surface area contributed by atoms with Gasteiger partial charge in [-0.15, -0.1) is 0 Å². The number of hydrogen-bond acceptors (Lipinski definition) is 7. The zero-order chi connectivity index (χ0) is 27.7. The van der Waals surface area contributed by atoms with E-state index in [4.69, 9.17) is 0 Å². The second-order valence-electron chi connectivity index (χ2n) is 10.0. The highest BCUT2D eigenvalue weighted by atomic mass is 79.9. The number of imide groups is 1. The predicted molar refractivity (Wildman–Crippen MR) is 140 cm³/mol. The Kier molecular flexibility index (Phi) is 5.69. The number of nitrogens with zero attached hydrogens (tertiary/aromatic N) is 1. The molecule has 6 rings (SSSR count). The average molecular weight is 590 g/mol. The third-order valence-electron chi connectivity index (χ3n) is 8.03. The summed E-state index contributed by atoms with van der Waals surface area (Å²) >= 11 is 3.18. The van der Waals surface area contributed by atoms with Crippen molar-refractivity contribution in [1.29, 1.82) is 0 Å². The smallest absolute Gasteiger partial charge is 0.339 e. The number of carboxylic acids is 1. The summed E-state index contributed by atoms with van der Waals surface area (Å²) in [6.07, 6.45) is 3.45. The van der Waals surface area contributed by atoms with Crippen LogP contribution in [0, 0.1) is 17.8 Å². The lowest BCUT2D eigenvalue weighted by Gasteiger charge is -2.42. The molecular weight excluding hydrogens is 570 g/mol. The molecule has 10 heteroatoms. The molecule has 3 N–H and O–H groups in total. The Labute approximate surface area is 229 Å². The Balaban J connectivity index is 1.45. The maximum absolute atomic E-state index is 13.9. The number of allylic oxidation sites excluding steroid dienone is 6. The summed E-state index contributed by atoms with van der Waals surface area (Å²) in [4.78, 5) is 66.1. The van der Waals surface area contributed by atoms with Gasteiger partial charge in [0, 0.05) is 29.2 Å². The van der Waals surface area contributed by atoms with Gasteiger partial charge in [-0.2, -0.15) is 0 Å². The number of Topliss-reactive ketones (excluding diaryl/α,β-unsaturated/α-hetero) is 1. The molecule has 1 aliphatic heterocycles. The van der Waals surface area contributed by atoms with E-state index in [1.807, 2.05) is 6.08 Å². The largest absolute Gasteiger partial charge is 0.508 e. The second-order valence-corrected chi connectivity index (χ2v) is 10.9. The van der Waals surface area contributed by atoms with Gasteiger partial charge in [-0.05, 0) is 64.5 Å². The van der Waals surface area contributed by atoms with Gasteiger partial charge >= 0.3 is 5.97 Å². The molecule has 4 aliphatic rings. The van der Waals surface area contributed by atoms with Crippen LogP contribution in [0.1, 0.15) is 34.7 Å². The number of aromatic hydroxyl groups is 2. The zero-order valence-corrected chi connectivity index (χ0v) is 21.7. The molecule has 4 atom stereocenters. The van der Waals surface area contributed by atoms with Crippen LogP contribution in [0.2, 0.25) is 0 Å². The number of hydrogen-bond donors (Lipinski definition) is 3. The zero-order valence-electron chi connectivity index (χ0n) is 20.1. The van der Waals surface area contributed by atoms with Gasteiger partial charge in [-0.25, -0.2) is 9.69 Å². The quantitative estimate of drug-likeness (QED) is 0.278. The fourth-order valence-corrected chi connectivity index (χ4v) is 6.79. The molecule has 2 aromatic carbocycles. The summed E-state index contributed by atoms with van der Waals surface area (Å²) in [5.41, 5.74) is 1.76. The number of aromatic carboxylic acids is 1. The Hall–Kier alpha value is -4.31. The van der Waals surface area contributed by atoms with Crippen molar-refractivity contribution in [3.8, 4) is 11.5 Å². The molecule has 0 spiro atoms. The highest BCUT2D eigenvalue weighted by Gasteiger charge is 2.56. The van der Waals surface area contributed by atoms with Crippen LogP contribution >= 0.6 is 15.9 Å². The van der Waals surface area contributed by atoms with Crippen LogP contribution in [-0.4, -0.2) is 44.7 Å². The first-order valence-corrected chi connectivity index (χ1v) is 13.0. The van der Waals surface area contributed by atoms with E-state index < -0.39 is 47.2 Å². The summed E-state index contributed by atoms with van der Waals surface area (Å²) < 4.78 is 0.125. The van der Waals surface area contributed by atoms with Gasteiger partial charge in [0.05, 0.1) is 22.0 Å². The lowest BCUT2D eigenvalue weighted by atomic mass is 9.59. The van der Waals surface area contributed by atoms with Crippen molar-refractivity contribution < 1.29 is 39.3 Å². The Morgan fingerprint density at radius 3 is 2.33 bits per heavy atom. The van der Waals surface area contributed by atoms with E-state index in [-0.39, 0.29) is 51.5 Å². The van der Waals surface area contributed by atoms with Gasteiger partial charge in [0.25, 0.3) is 0 Å². The highest BCUT2D eigenvalue weighted by molar-refractivity contribution is 9.12. The van der Waals surface area contributed by atoms with Crippen LogP contribution in [-0.2, 0) is 19.2 Å². The minimum atomic E-state index is -1.35. The third kappa shape index (κ3) is 3.69. The van der Waals surface area contributed by atoms with Crippen LogP contribution in [0.3, 0.4) is 0 Å². The van der Waals surface area contributed by atoms with Crippen molar-refractivity contribution in [3.63, 3.8) is 0 Å². The summed E-state index contributed by atoms with van der Waals surface area (Å²) in [6.45, 7) is 0. The third-order valence-corrected chi connectivity index (χ3v) is 8.62. The van der Waals surface area contributed by atoms with E-state index in [0.717, 1.165) is 22.6 Å². The number of ketones is 2. The number of carbonyl (C=O) groups excluding carboxylic acids is 4. The lowest BCUT2D eigenvalue weighted by Crippen LogP contribution is -2.39. The number of carbonyl (C=O) groups is 5. The molecule has 2 aromatic rings. The molecule has 2 amide bonds. The van der Waals surface area contributed by atoms with E-state index in [0.29, 0.717) is 11.1 Å². The van der Waals surface area contributed by atoms with Crippen molar-refractivity contribution in [3.05, 3.63) is 86.9 Å².